The molecule has 1 N–H and O–H groups in total. The molecule has 3 heterocycles. The number of amides is 1. The van der Waals surface area contributed by atoms with E-state index >= 15 is 0 Å². The molecule has 0 aliphatic heterocycles. The zero-order valence-corrected chi connectivity index (χ0v) is 13.0. The zero-order valence-electron chi connectivity index (χ0n) is 13.0. The van der Waals surface area contributed by atoms with Crippen LogP contribution < -0.4 is 5.56 Å². The molecule has 0 saturated carbocycles. The van der Waals surface area contributed by atoms with E-state index < -0.39 is 11.5 Å². The zero-order chi connectivity index (χ0) is 16.6. The third-order valence-corrected chi connectivity index (χ3v) is 3.80. The number of rotatable bonds is 3. The number of carbonyl (C=O) groups is 1. The highest BCUT2D eigenvalue weighted by Crippen LogP contribution is 2.18. The molecule has 1 amide bonds. The molecule has 0 aliphatic carbocycles. The van der Waals surface area contributed by atoms with Crippen LogP contribution in [0, 0.1) is 6.92 Å². The molecule has 0 radical (unpaired) electrons. The molecule has 3 aromatic rings. The van der Waals surface area contributed by atoms with Crippen molar-refractivity contribution in [1.29, 1.82) is 0 Å². The van der Waals surface area contributed by atoms with Crippen LogP contribution in [0.25, 0.3) is 5.78 Å². The third kappa shape index (κ3) is 2.59. The van der Waals surface area contributed by atoms with Crippen LogP contribution in [-0.4, -0.2) is 42.4 Å². The maximum atomic E-state index is 12.7. The minimum Gasteiger partial charge on any atom is -0.335 e. The maximum absolute atomic E-state index is 12.7. The minimum absolute atomic E-state index is 0.00504. The van der Waals surface area contributed by atoms with E-state index in [1.54, 1.807) is 26.4 Å². The summed E-state index contributed by atoms with van der Waals surface area (Å²) in [7, 11) is 1.65. The highest BCUT2D eigenvalue weighted by molar-refractivity contribution is 5.93. The average Bonchev–Trinajstić information content (AvgIpc) is 2.95. The molecule has 0 spiro atoms. The summed E-state index contributed by atoms with van der Waals surface area (Å²) in [4.78, 5) is 38.7. The summed E-state index contributed by atoms with van der Waals surface area (Å²) >= 11 is 0. The van der Waals surface area contributed by atoms with Gasteiger partial charge >= 0.3 is 0 Å². The van der Waals surface area contributed by atoms with E-state index in [1.807, 2.05) is 19.1 Å². The molecule has 23 heavy (non-hydrogen) atoms. The van der Waals surface area contributed by atoms with Crippen LogP contribution in [0.1, 0.15) is 34.7 Å². The molecule has 8 nitrogen and oxygen atoms in total. The van der Waals surface area contributed by atoms with Crippen molar-refractivity contribution in [1.82, 2.24) is 29.5 Å². The van der Waals surface area contributed by atoms with E-state index in [0.29, 0.717) is 5.82 Å². The fourth-order valence-corrected chi connectivity index (χ4v) is 2.34. The molecule has 0 saturated heterocycles. The third-order valence-electron chi connectivity index (χ3n) is 3.80. The second kappa shape index (κ2) is 5.64. The molecule has 3 aromatic heterocycles. The van der Waals surface area contributed by atoms with Crippen molar-refractivity contribution in [3.63, 3.8) is 0 Å². The Morgan fingerprint density at radius 2 is 2.04 bits per heavy atom. The first-order chi connectivity index (χ1) is 11.0. The van der Waals surface area contributed by atoms with Gasteiger partial charge in [0, 0.05) is 25.6 Å². The van der Waals surface area contributed by atoms with Gasteiger partial charge < -0.3 is 4.90 Å². The predicted octanol–water partition coefficient (Wildman–Crippen LogP) is 0.954. The Hall–Kier alpha value is -3.03. The topological polar surface area (TPSA) is 96.2 Å². The van der Waals surface area contributed by atoms with Crippen LogP contribution in [0.4, 0.5) is 0 Å². The number of H-pyrrole nitrogens is 1. The molecule has 1 atom stereocenters. The van der Waals surface area contributed by atoms with Gasteiger partial charge in [-0.05, 0) is 31.5 Å². The summed E-state index contributed by atoms with van der Waals surface area (Å²) in [5.74, 6) is 0.403. The Kier molecular flexibility index (Phi) is 3.65. The van der Waals surface area contributed by atoms with Crippen LogP contribution >= 0.6 is 0 Å². The number of nitrogens with one attached hydrogen (secondary N) is 1. The van der Waals surface area contributed by atoms with Crippen molar-refractivity contribution in [2.45, 2.75) is 19.9 Å². The summed E-state index contributed by atoms with van der Waals surface area (Å²) in [6.45, 7) is 3.60. The van der Waals surface area contributed by atoms with Crippen LogP contribution in [-0.2, 0) is 0 Å². The lowest BCUT2D eigenvalue weighted by Crippen LogP contribution is -2.35. The fourth-order valence-electron chi connectivity index (χ4n) is 2.34. The number of fused-ring (bicyclic) bond motifs is 1. The minimum atomic E-state index is -0.464. The molecule has 0 aromatic carbocycles. The molecule has 1 unspecified atom stereocenters. The Balaban J connectivity index is 1.96. The number of aromatic amines is 1. The number of nitrogens with zero attached hydrogens (tertiary/aromatic N) is 5. The lowest BCUT2D eigenvalue weighted by molar-refractivity contribution is 0.0740. The molecule has 0 aliphatic rings. The van der Waals surface area contributed by atoms with Crippen molar-refractivity contribution < 1.29 is 4.79 Å². The summed E-state index contributed by atoms with van der Waals surface area (Å²) in [6.07, 6.45) is 4.61. The molecular weight excluding hydrogens is 296 g/mol. The number of pyridine rings is 1. The lowest BCUT2D eigenvalue weighted by Gasteiger charge is -2.24. The van der Waals surface area contributed by atoms with Gasteiger partial charge in [-0.3, -0.25) is 19.7 Å². The molecule has 3 rings (SSSR count). The first kappa shape index (κ1) is 14.9. The van der Waals surface area contributed by atoms with E-state index in [0.717, 1.165) is 5.56 Å². The van der Waals surface area contributed by atoms with Gasteiger partial charge in [0.25, 0.3) is 17.2 Å². The van der Waals surface area contributed by atoms with Crippen molar-refractivity contribution >= 4 is 11.7 Å². The highest BCUT2D eigenvalue weighted by atomic mass is 16.2. The fraction of sp³-hybridized carbons (Fsp3) is 0.267. The molecule has 118 valence electrons. The Morgan fingerprint density at radius 3 is 2.74 bits per heavy atom. The van der Waals surface area contributed by atoms with Gasteiger partial charge in [0.1, 0.15) is 11.4 Å². The molecule has 0 fully saturated rings. The van der Waals surface area contributed by atoms with Gasteiger partial charge in [-0.25, -0.2) is 4.98 Å². The van der Waals surface area contributed by atoms with Gasteiger partial charge in [-0.1, -0.05) is 0 Å². The molecule has 0 bridgehead atoms. The number of hydrogen-bond acceptors (Lipinski definition) is 5. The Morgan fingerprint density at radius 1 is 1.35 bits per heavy atom. The van der Waals surface area contributed by atoms with E-state index in [9.17, 15) is 9.59 Å². The maximum Gasteiger partial charge on any atom is 0.286 e. The van der Waals surface area contributed by atoms with Crippen LogP contribution in [0.2, 0.25) is 0 Å². The second-order valence-corrected chi connectivity index (χ2v) is 5.29. The smallest absolute Gasteiger partial charge is 0.286 e. The largest absolute Gasteiger partial charge is 0.335 e. The van der Waals surface area contributed by atoms with E-state index in [2.05, 4.69) is 20.1 Å². The average molecular weight is 312 g/mol. The summed E-state index contributed by atoms with van der Waals surface area (Å²) in [6, 6.07) is 3.47. The lowest BCUT2D eigenvalue weighted by atomic mass is 10.1. The Labute approximate surface area is 131 Å². The number of aryl methyl sites for hydroxylation is 1. The van der Waals surface area contributed by atoms with Gasteiger partial charge in [0.05, 0.1) is 6.04 Å². The molecular formula is C15H16N6O2. The number of hydrogen-bond donors (Lipinski definition) is 1. The van der Waals surface area contributed by atoms with E-state index in [4.69, 9.17) is 0 Å². The van der Waals surface area contributed by atoms with Crippen molar-refractivity contribution in [2.75, 3.05) is 7.05 Å². The first-order valence-corrected chi connectivity index (χ1v) is 7.10. The van der Waals surface area contributed by atoms with E-state index in [-0.39, 0.29) is 17.4 Å². The SMILES string of the molecule is Cc1nc2ncc(C(=O)N(C)C(C)c3ccncc3)c(=O)n2[nH]1. The van der Waals surface area contributed by atoms with Crippen molar-refractivity contribution in [3.8, 4) is 0 Å². The first-order valence-electron chi connectivity index (χ1n) is 7.10. The Bertz CT molecular complexity index is 915. The van der Waals surface area contributed by atoms with Crippen molar-refractivity contribution in [3.05, 3.63) is 58.0 Å². The van der Waals surface area contributed by atoms with Gasteiger partial charge in [-0.15, -0.1) is 0 Å². The number of aromatic nitrogens is 5. The van der Waals surface area contributed by atoms with Crippen LogP contribution in [0.5, 0.6) is 0 Å². The number of carbonyl (C=O) groups excluding carboxylic acids is 1. The van der Waals surface area contributed by atoms with Crippen LogP contribution in [0.15, 0.2) is 35.5 Å². The highest BCUT2D eigenvalue weighted by Gasteiger charge is 2.23. The molecule has 8 heteroatoms. The van der Waals surface area contributed by atoms with Crippen LogP contribution in [0.3, 0.4) is 0 Å². The second-order valence-electron chi connectivity index (χ2n) is 5.29. The van der Waals surface area contributed by atoms with Gasteiger partial charge in [0.15, 0.2) is 0 Å². The van der Waals surface area contributed by atoms with Crippen molar-refractivity contribution in [2.24, 2.45) is 0 Å². The summed E-state index contributed by atoms with van der Waals surface area (Å²) in [5.41, 5.74) is 0.464. The summed E-state index contributed by atoms with van der Waals surface area (Å²) < 4.78 is 1.17. The standard InChI is InChI=1S/C15H16N6O2/c1-9(11-4-6-16-7-5-11)20(3)13(22)12-8-17-15-18-10(2)19-21(15)14(12)23/h4-9H,1-3H3,(H,17,18,19). The summed E-state index contributed by atoms with van der Waals surface area (Å²) in [5, 5.41) is 2.77. The normalized spacial score (nSPS) is 12.3. The van der Waals surface area contributed by atoms with Gasteiger partial charge in [0.2, 0.25) is 0 Å². The quantitative estimate of drug-likeness (QED) is 0.777. The van der Waals surface area contributed by atoms with E-state index in [1.165, 1.54) is 15.6 Å². The van der Waals surface area contributed by atoms with Gasteiger partial charge in [-0.2, -0.15) is 9.50 Å². The monoisotopic (exact) mass is 312 g/mol. The predicted molar refractivity (Wildman–Crippen MR) is 83.1 cm³/mol.